The summed E-state index contributed by atoms with van der Waals surface area (Å²) in [5, 5.41) is 1.01. The number of benzene rings is 1. The van der Waals surface area contributed by atoms with Crippen LogP contribution in [0.2, 0.25) is 0 Å². The van der Waals surface area contributed by atoms with Gasteiger partial charge < -0.3 is 0 Å². The summed E-state index contributed by atoms with van der Waals surface area (Å²) in [6.45, 7) is 0. The highest BCUT2D eigenvalue weighted by Gasteiger charge is 1.94. The van der Waals surface area contributed by atoms with Crippen molar-refractivity contribution in [2.75, 3.05) is 0 Å². The maximum atomic E-state index is 7.38. The van der Waals surface area contributed by atoms with Crippen LogP contribution in [0.4, 0.5) is 0 Å². The van der Waals surface area contributed by atoms with Crippen molar-refractivity contribution < 1.29 is 1.37 Å². The van der Waals surface area contributed by atoms with Gasteiger partial charge in [0, 0.05) is 23.3 Å². The van der Waals surface area contributed by atoms with Crippen LogP contribution in [0.25, 0.3) is 10.9 Å². The maximum Gasteiger partial charge on any atom is 0.0834 e. The van der Waals surface area contributed by atoms with Gasteiger partial charge in [-0.05, 0) is 12.1 Å². The first-order valence-corrected chi connectivity index (χ1v) is 3.36. The molecule has 2 rings (SSSR count). The van der Waals surface area contributed by atoms with E-state index in [0.717, 1.165) is 10.9 Å². The number of nitrogens with zero attached hydrogens (tertiary/aromatic N) is 1. The molecule has 1 nitrogen and oxygen atoms in total. The van der Waals surface area contributed by atoms with Crippen LogP contribution in [0.3, 0.4) is 0 Å². The van der Waals surface area contributed by atoms with Gasteiger partial charge in [0.25, 0.3) is 0 Å². The Balaban J connectivity index is 2.92. The van der Waals surface area contributed by atoms with Crippen LogP contribution < -0.4 is 0 Å². The summed E-state index contributed by atoms with van der Waals surface area (Å²) in [6, 6.07) is 9.40. The molecule has 0 radical (unpaired) electrons. The van der Waals surface area contributed by atoms with Crippen LogP contribution in [-0.4, -0.2) is 4.09 Å². The highest BCUT2D eigenvalue weighted by atomic mass is 35.5. The van der Waals surface area contributed by atoms with Gasteiger partial charge in [0.15, 0.2) is 0 Å². The minimum absolute atomic E-state index is 0.327. The number of aromatic nitrogens is 1. The molecule has 10 heavy (non-hydrogen) atoms. The topological polar surface area (TPSA) is 4.93 Å². The predicted octanol–water partition coefficient (Wildman–Crippen LogP) is 2.64. The Hall–Kier alpha value is -0.950. The van der Waals surface area contributed by atoms with E-state index in [1.807, 2.05) is 24.3 Å². The van der Waals surface area contributed by atoms with Crippen LogP contribution in [0.5, 0.6) is 0 Å². The molecule has 1 aromatic carbocycles. The van der Waals surface area contributed by atoms with E-state index in [-0.39, 0.29) is 0 Å². The van der Waals surface area contributed by atoms with Crippen LogP contribution in [-0.2, 0) is 0 Å². The lowest BCUT2D eigenvalue weighted by atomic mass is 10.3. The number of rotatable bonds is 0. The summed E-state index contributed by atoms with van der Waals surface area (Å²) in [6.07, 6.45) is 0.327. The molecule has 2 heteroatoms. The van der Waals surface area contributed by atoms with Crippen LogP contribution in [0.15, 0.2) is 36.5 Å². The number of hydrogen-bond donors (Lipinski definition) is 0. The standard InChI is InChI=1S/C8H6ClN/c9-10-6-5-7-3-1-2-4-8(7)10/h1-6H/i6D. The van der Waals surface area contributed by atoms with Gasteiger partial charge in [-0.3, -0.25) is 4.09 Å². The van der Waals surface area contributed by atoms with Gasteiger partial charge in [-0.25, -0.2) is 0 Å². The first kappa shape index (κ1) is 4.80. The predicted molar refractivity (Wildman–Crippen MR) is 43.2 cm³/mol. The van der Waals surface area contributed by atoms with Crippen molar-refractivity contribution in [2.45, 2.75) is 0 Å². The van der Waals surface area contributed by atoms with E-state index in [1.165, 1.54) is 4.09 Å². The molecule has 0 saturated carbocycles. The van der Waals surface area contributed by atoms with Crippen molar-refractivity contribution in [2.24, 2.45) is 0 Å². The molecular weight excluding hydrogens is 146 g/mol. The van der Waals surface area contributed by atoms with E-state index in [2.05, 4.69) is 0 Å². The van der Waals surface area contributed by atoms with Gasteiger partial charge in [-0.15, -0.1) is 0 Å². The van der Waals surface area contributed by atoms with Crippen molar-refractivity contribution in [3.8, 4) is 0 Å². The zero-order valence-electron chi connectivity index (χ0n) is 6.21. The third-order valence-electron chi connectivity index (χ3n) is 1.48. The lowest BCUT2D eigenvalue weighted by molar-refractivity contribution is 1.33. The largest absolute Gasteiger partial charge is 0.260 e. The van der Waals surface area contributed by atoms with Gasteiger partial charge >= 0.3 is 0 Å². The molecule has 0 atom stereocenters. The lowest BCUT2D eigenvalue weighted by Gasteiger charge is -1.89. The summed E-state index contributed by atoms with van der Waals surface area (Å²) < 4.78 is 8.72. The fourth-order valence-corrected chi connectivity index (χ4v) is 1.19. The molecule has 0 spiro atoms. The highest BCUT2D eigenvalue weighted by Crippen LogP contribution is 2.15. The SMILES string of the molecule is [2H]c1cc2ccccc2n1Cl. The second-order valence-corrected chi connectivity index (χ2v) is 2.45. The summed E-state index contributed by atoms with van der Waals surface area (Å²) >= 11 is 5.77. The van der Waals surface area contributed by atoms with Crippen LogP contribution in [0.1, 0.15) is 1.37 Å². The number of halogens is 1. The van der Waals surface area contributed by atoms with E-state index in [0.29, 0.717) is 6.17 Å². The Kier molecular flexibility index (Phi) is 0.974. The molecule has 0 bridgehead atoms. The fraction of sp³-hybridized carbons (Fsp3) is 0. The molecule has 0 amide bonds. The number of para-hydroxylation sites is 1. The minimum atomic E-state index is 0.327. The van der Waals surface area contributed by atoms with Crippen LogP contribution >= 0.6 is 11.8 Å². The Labute approximate surface area is 65.4 Å². The molecule has 0 aliphatic heterocycles. The lowest BCUT2D eigenvalue weighted by Crippen LogP contribution is -1.72. The molecule has 50 valence electrons. The maximum absolute atomic E-state index is 7.38. The van der Waals surface area contributed by atoms with Gasteiger partial charge in [0.2, 0.25) is 0 Å². The molecule has 1 aromatic heterocycles. The van der Waals surface area contributed by atoms with E-state index in [1.54, 1.807) is 6.07 Å². The smallest absolute Gasteiger partial charge is 0.0834 e. The van der Waals surface area contributed by atoms with E-state index in [4.69, 9.17) is 13.1 Å². The van der Waals surface area contributed by atoms with Crippen molar-refractivity contribution in [1.29, 1.82) is 0 Å². The number of fused-ring (bicyclic) bond motifs is 1. The van der Waals surface area contributed by atoms with E-state index < -0.39 is 0 Å². The fourth-order valence-electron chi connectivity index (χ4n) is 0.984. The Morgan fingerprint density at radius 1 is 1.30 bits per heavy atom. The average molecular weight is 153 g/mol. The van der Waals surface area contributed by atoms with Gasteiger partial charge in [-0.1, -0.05) is 18.2 Å². The Bertz CT molecular complexity index is 394. The molecule has 0 fully saturated rings. The third-order valence-corrected chi connectivity index (χ3v) is 1.76. The first-order chi connectivity index (χ1) is 5.29. The van der Waals surface area contributed by atoms with Crippen LogP contribution in [0, 0.1) is 0 Å². The zero-order chi connectivity index (χ0) is 7.84. The molecule has 0 unspecified atom stereocenters. The molecule has 0 N–H and O–H groups in total. The van der Waals surface area contributed by atoms with Gasteiger partial charge in [-0.2, -0.15) is 0 Å². The Morgan fingerprint density at radius 2 is 2.10 bits per heavy atom. The van der Waals surface area contributed by atoms with Crippen molar-refractivity contribution in [3.63, 3.8) is 0 Å². The molecule has 0 saturated heterocycles. The van der Waals surface area contributed by atoms with Crippen molar-refractivity contribution in [3.05, 3.63) is 36.5 Å². The normalized spacial score (nSPS) is 11.9. The second-order valence-electron chi connectivity index (χ2n) is 2.11. The average Bonchev–Trinajstić information content (AvgIpc) is 2.30. The molecule has 0 aliphatic rings. The summed E-state index contributed by atoms with van der Waals surface area (Å²) in [5.74, 6) is 0. The Morgan fingerprint density at radius 3 is 2.90 bits per heavy atom. The minimum Gasteiger partial charge on any atom is -0.260 e. The summed E-state index contributed by atoms with van der Waals surface area (Å²) in [5.41, 5.74) is 0.888. The van der Waals surface area contributed by atoms with E-state index in [9.17, 15) is 0 Å². The molecule has 2 aromatic rings. The first-order valence-electron chi connectivity index (χ1n) is 3.52. The monoisotopic (exact) mass is 152 g/mol. The van der Waals surface area contributed by atoms with Crippen molar-refractivity contribution >= 4 is 22.7 Å². The van der Waals surface area contributed by atoms with E-state index >= 15 is 0 Å². The van der Waals surface area contributed by atoms with Gasteiger partial charge in [0.1, 0.15) is 0 Å². The summed E-state index contributed by atoms with van der Waals surface area (Å²) in [7, 11) is 0. The third kappa shape index (κ3) is 0.711. The molecule has 1 heterocycles. The second kappa shape index (κ2) is 2.03. The zero-order valence-corrected chi connectivity index (χ0v) is 5.97. The summed E-state index contributed by atoms with van der Waals surface area (Å²) in [4.78, 5) is 0. The number of hydrogen-bond acceptors (Lipinski definition) is 0. The highest BCUT2D eigenvalue weighted by molar-refractivity contribution is 6.19. The van der Waals surface area contributed by atoms with Gasteiger partial charge in [0.05, 0.1) is 6.89 Å². The molecule has 0 aliphatic carbocycles. The molecular formula is C8H6ClN. The van der Waals surface area contributed by atoms with Crippen molar-refractivity contribution in [1.82, 2.24) is 4.09 Å². The quantitative estimate of drug-likeness (QED) is 0.547.